The van der Waals surface area contributed by atoms with Crippen LogP contribution in [0.4, 0.5) is 11.4 Å². The van der Waals surface area contributed by atoms with Gasteiger partial charge >= 0.3 is 0 Å². The third kappa shape index (κ3) is 5.45. The van der Waals surface area contributed by atoms with Crippen molar-refractivity contribution in [2.75, 3.05) is 17.2 Å². The second-order valence-corrected chi connectivity index (χ2v) is 8.41. The number of rotatable bonds is 8. The Balaban J connectivity index is 1.39. The van der Waals surface area contributed by atoms with Crippen molar-refractivity contribution in [2.24, 2.45) is 5.92 Å². The monoisotopic (exact) mass is 418 g/mol. The van der Waals surface area contributed by atoms with Crippen molar-refractivity contribution in [3.8, 4) is 0 Å². The third-order valence-corrected chi connectivity index (χ3v) is 6.01. The van der Waals surface area contributed by atoms with E-state index in [0.29, 0.717) is 12.1 Å². The second-order valence-electron chi connectivity index (χ2n) is 8.41. The Hall–Kier alpha value is -3.28. The summed E-state index contributed by atoms with van der Waals surface area (Å²) >= 11 is 0. The van der Waals surface area contributed by atoms with Gasteiger partial charge in [0.05, 0.1) is 0 Å². The zero-order valence-electron chi connectivity index (χ0n) is 17.9. The van der Waals surface area contributed by atoms with Crippen molar-refractivity contribution in [3.63, 3.8) is 0 Å². The molecule has 0 aliphatic heterocycles. The van der Waals surface area contributed by atoms with Crippen LogP contribution in [-0.4, -0.2) is 29.4 Å². The fraction of sp³-hybridized carbons (Fsp3) is 0.360. The first-order valence-electron chi connectivity index (χ1n) is 11.1. The average molecular weight is 419 g/mol. The van der Waals surface area contributed by atoms with Crippen LogP contribution in [0.3, 0.4) is 0 Å². The highest BCUT2D eigenvalue weighted by Gasteiger charge is 2.22. The van der Waals surface area contributed by atoms with Crippen LogP contribution in [-0.2, 0) is 16.0 Å². The highest BCUT2D eigenvalue weighted by molar-refractivity contribution is 5.97. The van der Waals surface area contributed by atoms with Gasteiger partial charge in [0.2, 0.25) is 11.8 Å². The first-order valence-corrected chi connectivity index (χ1v) is 11.1. The van der Waals surface area contributed by atoms with Crippen molar-refractivity contribution in [2.45, 2.75) is 45.1 Å². The lowest BCUT2D eigenvalue weighted by molar-refractivity contribution is -0.125. The topological polar surface area (TPSA) is 86.0 Å². The largest absolute Gasteiger partial charge is 0.385 e. The molecule has 162 valence electrons. The summed E-state index contributed by atoms with van der Waals surface area (Å²) in [6.07, 6.45) is 7.61. The van der Waals surface area contributed by atoms with Gasteiger partial charge in [-0.15, -0.1) is 0 Å². The molecular weight excluding hydrogens is 388 g/mol. The van der Waals surface area contributed by atoms with Crippen molar-refractivity contribution in [1.82, 2.24) is 10.3 Å². The van der Waals surface area contributed by atoms with Gasteiger partial charge in [-0.25, -0.2) is 0 Å². The van der Waals surface area contributed by atoms with E-state index < -0.39 is 6.04 Å². The predicted molar refractivity (Wildman–Crippen MR) is 125 cm³/mol. The van der Waals surface area contributed by atoms with E-state index in [0.717, 1.165) is 34.6 Å². The number of amides is 2. The number of aromatic nitrogens is 1. The lowest BCUT2D eigenvalue weighted by atomic mass is 10.0. The molecule has 3 aromatic rings. The Bertz CT molecular complexity index is 1040. The molecular formula is C25H30N4O2. The zero-order chi connectivity index (χ0) is 21.6. The maximum atomic E-state index is 12.9. The molecule has 6 heteroatoms. The van der Waals surface area contributed by atoms with Crippen LogP contribution in [0.15, 0.2) is 54.7 Å². The minimum Gasteiger partial charge on any atom is -0.385 e. The van der Waals surface area contributed by atoms with E-state index in [1.807, 2.05) is 54.7 Å². The van der Waals surface area contributed by atoms with E-state index >= 15 is 0 Å². The van der Waals surface area contributed by atoms with Crippen molar-refractivity contribution < 1.29 is 9.59 Å². The fourth-order valence-electron chi connectivity index (χ4n) is 4.35. The average Bonchev–Trinajstić information content (AvgIpc) is 3.43. The van der Waals surface area contributed by atoms with E-state index in [1.54, 1.807) is 0 Å². The van der Waals surface area contributed by atoms with Crippen LogP contribution in [0.25, 0.3) is 10.9 Å². The van der Waals surface area contributed by atoms with Crippen LogP contribution >= 0.6 is 0 Å². The molecule has 0 saturated heterocycles. The number of carbonyl (C=O) groups is 2. The molecule has 0 bridgehead atoms. The van der Waals surface area contributed by atoms with Gasteiger partial charge in [-0.1, -0.05) is 31.0 Å². The van der Waals surface area contributed by atoms with Gasteiger partial charge in [0.15, 0.2) is 0 Å². The molecule has 4 N–H and O–H groups in total. The molecule has 1 aliphatic rings. The predicted octanol–water partition coefficient (Wildman–Crippen LogP) is 4.46. The quantitative estimate of drug-likeness (QED) is 0.436. The molecule has 4 rings (SSSR count). The summed E-state index contributed by atoms with van der Waals surface area (Å²) in [6.45, 7) is 2.43. The number of hydrogen-bond acceptors (Lipinski definition) is 3. The van der Waals surface area contributed by atoms with Crippen LogP contribution in [0.5, 0.6) is 0 Å². The minimum absolute atomic E-state index is 0.229. The number of fused-ring (bicyclic) bond motifs is 1. The summed E-state index contributed by atoms with van der Waals surface area (Å²) in [4.78, 5) is 27.9. The number of para-hydroxylation sites is 1. The zero-order valence-corrected chi connectivity index (χ0v) is 17.9. The number of nitrogens with one attached hydrogen (secondary N) is 4. The summed E-state index contributed by atoms with van der Waals surface area (Å²) in [5, 5.41) is 10.3. The molecule has 1 aliphatic carbocycles. The van der Waals surface area contributed by atoms with E-state index in [9.17, 15) is 9.59 Å². The normalized spacial score (nSPS) is 15.0. The van der Waals surface area contributed by atoms with Crippen molar-refractivity contribution >= 4 is 34.1 Å². The number of hydrogen-bond donors (Lipinski definition) is 4. The smallest absolute Gasteiger partial charge is 0.247 e. The van der Waals surface area contributed by atoms with E-state index in [4.69, 9.17) is 0 Å². The summed E-state index contributed by atoms with van der Waals surface area (Å²) < 4.78 is 0. The Labute approximate surface area is 182 Å². The minimum atomic E-state index is -0.656. The SMILES string of the molecule is CC(=O)NC(Cc1c[nH]c2ccccc12)C(=O)Nc1ccc(NCC2CCCC2)cc1. The van der Waals surface area contributed by atoms with Crippen molar-refractivity contribution in [3.05, 3.63) is 60.3 Å². The first kappa shape index (κ1) is 21.0. The standard InChI is InChI=1S/C25H30N4O2/c1-17(30)28-24(14-19-16-27-23-9-5-4-8-22(19)23)25(31)29-21-12-10-20(11-13-21)26-15-18-6-2-3-7-18/h4-5,8-13,16,18,24,26-27H,2-3,6-7,14-15H2,1H3,(H,28,30)(H,29,31). The Kier molecular flexibility index (Phi) is 6.55. The molecule has 31 heavy (non-hydrogen) atoms. The lowest BCUT2D eigenvalue weighted by Gasteiger charge is -2.18. The third-order valence-electron chi connectivity index (χ3n) is 6.01. The van der Waals surface area contributed by atoms with Gasteiger partial charge in [-0.05, 0) is 54.7 Å². The highest BCUT2D eigenvalue weighted by atomic mass is 16.2. The fourth-order valence-corrected chi connectivity index (χ4v) is 4.35. The van der Waals surface area contributed by atoms with E-state index in [1.165, 1.54) is 32.6 Å². The maximum Gasteiger partial charge on any atom is 0.247 e. The molecule has 6 nitrogen and oxygen atoms in total. The Morgan fingerprint density at radius 1 is 1.03 bits per heavy atom. The maximum absolute atomic E-state index is 12.9. The Morgan fingerprint density at radius 2 is 1.74 bits per heavy atom. The van der Waals surface area contributed by atoms with Crippen LogP contribution in [0, 0.1) is 5.92 Å². The molecule has 0 radical (unpaired) electrons. The summed E-state index contributed by atoms with van der Waals surface area (Å²) in [6, 6.07) is 15.0. The number of anilines is 2. The van der Waals surface area contributed by atoms with E-state index in [-0.39, 0.29) is 11.8 Å². The molecule has 1 heterocycles. The van der Waals surface area contributed by atoms with Gasteiger partial charge in [-0.2, -0.15) is 0 Å². The number of benzene rings is 2. The van der Waals surface area contributed by atoms with Gasteiger partial charge in [0, 0.05) is 48.4 Å². The van der Waals surface area contributed by atoms with E-state index in [2.05, 4.69) is 20.9 Å². The highest BCUT2D eigenvalue weighted by Crippen LogP contribution is 2.25. The molecule has 2 amide bonds. The van der Waals surface area contributed by atoms with Gasteiger partial charge in [0.25, 0.3) is 0 Å². The Morgan fingerprint density at radius 3 is 2.48 bits per heavy atom. The molecule has 1 saturated carbocycles. The number of H-pyrrole nitrogens is 1. The molecule has 0 spiro atoms. The van der Waals surface area contributed by atoms with Gasteiger partial charge < -0.3 is 20.9 Å². The molecule has 1 aromatic heterocycles. The molecule has 2 aromatic carbocycles. The van der Waals surface area contributed by atoms with Crippen molar-refractivity contribution in [1.29, 1.82) is 0 Å². The van der Waals surface area contributed by atoms with Crippen LogP contribution in [0.1, 0.15) is 38.2 Å². The second kappa shape index (κ2) is 9.69. The summed E-state index contributed by atoms with van der Waals surface area (Å²) in [7, 11) is 0. The molecule has 1 atom stereocenters. The van der Waals surface area contributed by atoms with Crippen LogP contribution in [0.2, 0.25) is 0 Å². The van der Waals surface area contributed by atoms with Gasteiger partial charge in [-0.3, -0.25) is 9.59 Å². The van der Waals surface area contributed by atoms with Gasteiger partial charge in [0.1, 0.15) is 6.04 Å². The molecule has 1 fully saturated rings. The number of aromatic amines is 1. The van der Waals surface area contributed by atoms with Crippen LogP contribution < -0.4 is 16.0 Å². The summed E-state index contributed by atoms with van der Waals surface area (Å²) in [5.74, 6) is 0.306. The molecule has 1 unspecified atom stereocenters. The first-order chi connectivity index (χ1) is 15.1. The lowest BCUT2D eigenvalue weighted by Crippen LogP contribution is -2.44. The summed E-state index contributed by atoms with van der Waals surface area (Å²) in [5.41, 5.74) is 3.78. The number of carbonyl (C=O) groups excluding carboxylic acids is 2.